The van der Waals surface area contributed by atoms with Crippen molar-refractivity contribution in [3.8, 4) is 0 Å². The normalized spacial score (nSPS) is 13.8. The minimum atomic E-state index is -2.72. The van der Waals surface area contributed by atoms with Crippen LogP contribution in [0.15, 0.2) is 36.5 Å². The molecule has 1 amide bonds. The van der Waals surface area contributed by atoms with Crippen LogP contribution in [0.3, 0.4) is 0 Å². The van der Waals surface area contributed by atoms with Gasteiger partial charge < -0.3 is 5.32 Å². The van der Waals surface area contributed by atoms with Crippen LogP contribution in [0, 0.1) is 5.82 Å². The Hall–Kier alpha value is -2.81. The Morgan fingerprint density at radius 1 is 1.28 bits per heavy atom. The van der Waals surface area contributed by atoms with Crippen LogP contribution in [-0.2, 0) is 17.9 Å². The molecule has 29 heavy (non-hydrogen) atoms. The molecular weight excluding hydrogens is 407 g/mol. The Morgan fingerprint density at radius 3 is 2.76 bits per heavy atom. The van der Waals surface area contributed by atoms with Crippen molar-refractivity contribution in [1.82, 2.24) is 19.6 Å². The van der Waals surface area contributed by atoms with E-state index >= 15 is 0 Å². The number of amides is 1. The maximum absolute atomic E-state index is 13.9. The van der Waals surface area contributed by atoms with E-state index in [2.05, 4.69) is 15.5 Å². The summed E-state index contributed by atoms with van der Waals surface area (Å²) in [6.07, 6.45) is 0.694. The first-order valence-electron chi connectivity index (χ1n) is 9.02. The van der Waals surface area contributed by atoms with Crippen molar-refractivity contribution in [3.63, 3.8) is 0 Å². The zero-order chi connectivity index (χ0) is 20.5. The van der Waals surface area contributed by atoms with E-state index in [9.17, 15) is 18.0 Å². The Morgan fingerprint density at radius 2 is 2.07 bits per heavy atom. The molecule has 1 saturated carbocycles. The number of nitrogens with zero attached hydrogens (tertiary/aromatic N) is 4. The van der Waals surface area contributed by atoms with Crippen LogP contribution < -0.4 is 5.32 Å². The summed E-state index contributed by atoms with van der Waals surface area (Å²) in [6, 6.07) is 7.27. The number of aromatic nitrogens is 4. The van der Waals surface area contributed by atoms with E-state index in [1.165, 1.54) is 28.9 Å². The fourth-order valence-corrected chi connectivity index (χ4v) is 3.24. The first-order valence-corrected chi connectivity index (χ1v) is 9.40. The van der Waals surface area contributed by atoms with Crippen molar-refractivity contribution < 1.29 is 18.0 Å². The number of nitrogens with one attached hydrogen (secondary N) is 1. The van der Waals surface area contributed by atoms with Crippen molar-refractivity contribution in [1.29, 1.82) is 0 Å². The summed E-state index contributed by atoms with van der Waals surface area (Å²) in [5.74, 6) is -0.567. The van der Waals surface area contributed by atoms with Gasteiger partial charge in [-0.25, -0.2) is 13.2 Å². The molecule has 1 aromatic carbocycles. The number of hydrogen-bond acceptors (Lipinski definition) is 3. The van der Waals surface area contributed by atoms with E-state index in [4.69, 9.17) is 11.6 Å². The summed E-state index contributed by atoms with van der Waals surface area (Å²) in [7, 11) is 0. The highest BCUT2D eigenvalue weighted by atomic mass is 35.5. The maximum atomic E-state index is 13.9. The topological polar surface area (TPSA) is 64.7 Å². The van der Waals surface area contributed by atoms with Crippen LogP contribution in [0.4, 0.5) is 19.0 Å². The van der Waals surface area contributed by atoms with E-state index < -0.39 is 18.1 Å². The fourth-order valence-electron chi connectivity index (χ4n) is 3.01. The molecule has 1 N–H and O–H groups in total. The van der Waals surface area contributed by atoms with Crippen molar-refractivity contribution in [3.05, 3.63) is 64.3 Å². The molecule has 0 bridgehead atoms. The SMILES string of the molecule is O=C(Cn1nc(C2CC2)cc1C(F)F)Nc1ccn(Cc2c(F)cccc2Cl)n1. The predicted molar refractivity (Wildman–Crippen MR) is 101 cm³/mol. The number of benzene rings is 1. The third-order valence-electron chi connectivity index (χ3n) is 4.63. The summed E-state index contributed by atoms with van der Waals surface area (Å²) in [6.45, 7) is -0.265. The highest BCUT2D eigenvalue weighted by Gasteiger charge is 2.29. The van der Waals surface area contributed by atoms with E-state index in [1.807, 2.05) is 0 Å². The lowest BCUT2D eigenvalue weighted by molar-refractivity contribution is -0.117. The molecule has 2 aromatic heterocycles. The van der Waals surface area contributed by atoms with Crippen LogP contribution in [-0.4, -0.2) is 25.5 Å². The molecule has 6 nitrogen and oxygen atoms in total. The molecule has 0 radical (unpaired) electrons. The number of alkyl halides is 2. The van der Waals surface area contributed by atoms with Crippen molar-refractivity contribution in [2.24, 2.45) is 0 Å². The third-order valence-corrected chi connectivity index (χ3v) is 4.99. The maximum Gasteiger partial charge on any atom is 0.280 e. The van der Waals surface area contributed by atoms with Gasteiger partial charge in [-0.3, -0.25) is 14.2 Å². The zero-order valence-electron chi connectivity index (χ0n) is 15.2. The average Bonchev–Trinajstić information content (AvgIpc) is 3.28. The van der Waals surface area contributed by atoms with E-state index in [0.29, 0.717) is 5.69 Å². The Labute approximate surface area is 169 Å². The fraction of sp³-hybridized carbons (Fsp3) is 0.316. The molecule has 1 aliphatic rings. The molecule has 3 aromatic rings. The van der Waals surface area contributed by atoms with Gasteiger partial charge >= 0.3 is 0 Å². The molecule has 152 valence electrons. The summed E-state index contributed by atoms with van der Waals surface area (Å²) in [5, 5.41) is 11.1. The molecule has 4 rings (SSSR count). The molecule has 0 spiro atoms. The highest BCUT2D eigenvalue weighted by molar-refractivity contribution is 6.31. The lowest BCUT2D eigenvalue weighted by Gasteiger charge is -2.07. The minimum Gasteiger partial charge on any atom is -0.308 e. The monoisotopic (exact) mass is 423 g/mol. The largest absolute Gasteiger partial charge is 0.308 e. The summed E-state index contributed by atoms with van der Waals surface area (Å²) in [5.41, 5.74) is 0.599. The first kappa shape index (κ1) is 19.5. The van der Waals surface area contributed by atoms with Crippen molar-refractivity contribution >= 4 is 23.3 Å². The van der Waals surface area contributed by atoms with Crippen molar-refractivity contribution in [2.75, 3.05) is 5.32 Å². The summed E-state index contributed by atoms with van der Waals surface area (Å²) < 4.78 is 42.8. The second-order valence-corrected chi connectivity index (χ2v) is 7.28. The van der Waals surface area contributed by atoms with Gasteiger partial charge in [0.25, 0.3) is 6.43 Å². The summed E-state index contributed by atoms with van der Waals surface area (Å²) >= 11 is 6.01. The van der Waals surface area contributed by atoms with Crippen LogP contribution in [0.2, 0.25) is 5.02 Å². The van der Waals surface area contributed by atoms with Gasteiger partial charge in [0, 0.05) is 28.8 Å². The molecule has 1 fully saturated rings. The second kappa shape index (κ2) is 7.90. The lowest BCUT2D eigenvalue weighted by Crippen LogP contribution is -2.21. The molecule has 1 aliphatic carbocycles. The van der Waals surface area contributed by atoms with E-state index in [0.717, 1.165) is 17.5 Å². The molecule has 0 aliphatic heterocycles. The minimum absolute atomic E-state index is 0.0841. The van der Waals surface area contributed by atoms with Crippen LogP contribution in [0.25, 0.3) is 0 Å². The summed E-state index contributed by atoms with van der Waals surface area (Å²) in [4.78, 5) is 12.3. The van der Waals surface area contributed by atoms with Gasteiger partial charge in [-0.2, -0.15) is 10.2 Å². The third kappa shape index (κ3) is 4.45. The van der Waals surface area contributed by atoms with Gasteiger partial charge in [0.05, 0.1) is 12.2 Å². The lowest BCUT2D eigenvalue weighted by atomic mass is 10.2. The molecular formula is C19H17ClF3N5O. The zero-order valence-corrected chi connectivity index (χ0v) is 15.9. The van der Waals surface area contributed by atoms with Gasteiger partial charge in [-0.05, 0) is 31.0 Å². The first-order chi connectivity index (χ1) is 13.9. The Kier molecular flexibility index (Phi) is 5.31. The predicted octanol–water partition coefficient (Wildman–Crippen LogP) is 4.37. The molecule has 0 atom stereocenters. The Bertz CT molecular complexity index is 1020. The quantitative estimate of drug-likeness (QED) is 0.613. The molecule has 0 saturated heterocycles. The van der Waals surface area contributed by atoms with Gasteiger partial charge in [-0.15, -0.1) is 0 Å². The van der Waals surface area contributed by atoms with Gasteiger partial charge in [-0.1, -0.05) is 17.7 Å². The second-order valence-electron chi connectivity index (χ2n) is 6.87. The van der Waals surface area contributed by atoms with Gasteiger partial charge in [0.1, 0.15) is 18.1 Å². The van der Waals surface area contributed by atoms with Crippen LogP contribution in [0.1, 0.15) is 42.1 Å². The van der Waals surface area contributed by atoms with Crippen molar-refractivity contribution in [2.45, 2.75) is 38.3 Å². The Balaban J connectivity index is 1.42. The smallest absolute Gasteiger partial charge is 0.280 e. The van der Waals surface area contributed by atoms with Gasteiger partial charge in [0.2, 0.25) is 5.91 Å². The number of rotatable bonds is 7. The molecule has 10 heteroatoms. The standard InChI is InChI=1S/C19H17ClF3N5O/c20-13-2-1-3-14(21)12(13)9-27-7-6-17(26-27)24-18(29)10-28-16(19(22)23)8-15(25-28)11-4-5-11/h1-3,6-8,11,19H,4-5,9-10H2,(H,24,26,29). The van der Waals surface area contributed by atoms with Crippen LogP contribution in [0.5, 0.6) is 0 Å². The van der Waals surface area contributed by atoms with Gasteiger partial charge in [0.15, 0.2) is 5.82 Å². The molecule has 2 heterocycles. The van der Waals surface area contributed by atoms with E-state index in [1.54, 1.807) is 12.3 Å². The number of carbonyl (C=O) groups excluding carboxylic acids is 1. The number of halogens is 4. The number of hydrogen-bond donors (Lipinski definition) is 1. The molecule has 0 unspecified atom stereocenters. The number of anilines is 1. The van der Waals surface area contributed by atoms with Crippen LogP contribution >= 0.6 is 11.6 Å². The number of carbonyl (C=O) groups is 1. The average molecular weight is 424 g/mol. The van der Waals surface area contributed by atoms with E-state index in [-0.39, 0.29) is 41.1 Å². The highest BCUT2D eigenvalue weighted by Crippen LogP contribution is 2.40.